The number of hydrogen-bond donors (Lipinski definition) is 2. The van der Waals surface area contributed by atoms with Gasteiger partial charge in [-0.25, -0.2) is 8.42 Å². The molecule has 0 unspecified atom stereocenters. The highest BCUT2D eigenvalue weighted by Gasteiger charge is 2.25. The van der Waals surface area contributed by atoms with Crippen molar-refractivity contribution in [2.75, 3.05) is 13.4 Å². The first-order valence-corrected chi connectivity index (χ1v) is 10.9. The minimum absolute atomic E-state index is 0.0448. The molecule has 0 aliphatic heterocycles. The number of aryl methyl sites for hydroxylation is 1. The lowest BCUT2D eigenvalue weighted by atomic mass is 9.92. The summed E-state index contributed by atoms with van der Waals surface area (Å²) >= 11 is 0. The van der Waals surface area contributed by atoms with E-state index in [0.717, 1.165) is 6.26 Å². The molecular weight excluding hydrogens is 392 g/mol. The van der Waals surface area contributed by atoms with E-state index >= 15 is 0 Å². The van der Waals surface area contributed by atoms with Crippen molar-refractivity contribution in [3.05, 3.63) is 69.1 Å². The normalized spacial score (nSPS) is 11.4. The second-order valence-corrected chi connectivity index (χ2v) is 8.71. The minimum Gasteiger partial charge on any atom is -0.497 e. The van der Waals surface area contributed by atoms with Crippen molar-refractivity contribution in [2.45, 2.75) is 25.2 Å². The van der Waals surface area contributed by atoms with Crippen LogP contribution >= 0.6 is 0 Å². The lowest BCUT2D eigenvalue weighted by Crippen LogP contribution is -2.17. The van der Waals surface area contributed by atoms with E-state index in [9.17, 15) is 18.0 Å². The molecule has 0 spiro atoms. The number of sulfone groups is 1. The van der Waals surface area contributed by atoms with Crippen molar-refractivity contribution < 1.29 is 17.9 Å². The van der Waals surface area contributed by atoms with Gasteiger partial charge in [0.05, 0.1) is 12.0 Å². The quantitative estimate of drug-likeness (QED) is 0.603. The van der Waals surface area contributed by atoms with Crippen molar-refractivity contribution in [2.24, 2.45) is 0 Å². The van der Waals surface area contributed by atoms with E-state index < -0.39 is 21.2 Å². The Bertz CT molecular complexity index is 1240. The van der Waals surface area contributed by atoms with E-state index in [1.165, 1.54) is 12.1 Å². The summed E-state index contributed by atoms with van der Waals surface area (Å²) in [6, 6.07) is 9.81. The fourth-order valence-electron chi connectivity index (χ4n) is 3.39. The average Bonchev–Trinajstić information content (AvgIpc) is 3.07. The Labute approximate surface area is 168 Å². The first-order valence-electron chi connectivity index (χ1n) is 9.01. The van der Waals surface area contributed by atoms with Gasteiger partial charge in [-0.2, -0.15) is 0 Å². The van der Waals surface area contributed by atoms with Crippen molar-refractivity contribution in [3.8, 4) is 16.9 Å². The van der Waals surface area contributed by atoms with E-state index in [1.807, 2.05) is 6.92 Å². The third kappa shape index (κ3) is 3.75. The van der Waals surface area contributed by atoms with Crippen LogP contribution in [0.4, 0.5) is 0 Å². The number of nitrogens with one attached hydrogen (secondary N) is 2. The van der Waals surface area contributed by atoms with Crippen molar-refractivity contribution in [3.63, 3.8) is 0 Å². The third-order valence-corrected chi connectivity index (χ3v) is 6.03. The van der Waals surface area contributed by atoms with Gasteiger partial charge in [0.15, 0.2) is 9.84 Å². The molecule has 2 aromatic carbocycles. The Hall–Kier alpha value is -3.13. The van der Waals surface area contributed by atoms with Crippen LogP contribution in [0.3, 0.4) is 0 Å². The maximum atomic E-state index is 13.2. The van der Waals surface area contributed by atoms with Crippen LogP contribution in [0, 0.1) is 6.92 Å². The highest BCUT2D eigenvalue weighted by atomic mass is 32.2. The Kier molecular flexibility index (Phi) is 5.48. The molecular formula is C21H22N2O5S. The van der Waals surface area contributed by atoms with Crippen LogP contribution in [-0.2, 0) is 16.3 Å². The van der Waals surface area contributed by atoms with Gasteiger partial charge in [0, 0.05) is 23.1 Å². The Morgan fingerprint density at radius 1 is 1.07 bits per heavy atom. The summed E-state index contributed by atoms with van der Waals surface area (Å²) in [5.41, 5.74) is 1.90. The summed E-state index contributed by atoms with van der Waals surface area (Å²) in [4.78, 5) is 25.4. The van der Waals surface area contributed by atoms with Gasteiger partial charge in [0.2, 0.25) is 5.78 Å². The minimum atomic E-state index is -3.55. The zero-order valence-corrected chi connectivity index (χ0v) is 17.4. The molecule has 0 fully saturated rings. The molecule has 1 heterocycles. The number of benzene rings is 2. The molecule has 8 heteroatoms. The van der Waals surface area contributed by atoms with E-state index in [0.29, 0.717) is 34.6 Å². The van der Waals surface area contributed by atoms with Crippen LogP contribution in [0.15, 0.2) is 46.1 Å². The van der Waals surface area contributed by atoms with Gasteiger partial charge >= 0.3 is 0 Å². The van der Waals surface area contributed by atoms with E-state index in [1.54, 1.807) is 38.3 Å². The topological polar surface area (TPSA) is 109 Å². The summed E-state index contributed by atoms with van der Waals surface area (Å²) in [6.07, 6.45) is 1.61. The molecule has 3 aromatic rings. The molecule has 0 saturated heterocycles. The van der Waals surface area contributed by atoms with Crippen LogP contribution < -0.4 is 10.3 Å². The summed E-state index contributed by atoms with van der Waals surface area (Å²) in [6.45, 7) is 3.52. The fourth-order valence-corrected chi connectivity index (χ4v) is 4.35. The number of aromatic amines is 2. The summed E-state index contributed by atoms with van der Waals surface area (Å²) in [7, 11) is -2.01. The molecule has 7 nitrogen and oxygen atoms in total. The maximum absolute atomic E-state index is 13.2. The Morgan fingerprint density at radius 3 is 2.28 bits per heavy atom. The first kappa shape index (κ1) is 20.6. The van der Waals surface area contributed by atoms with Gasteiger partial charge in [0.25, 0.3) is 5.56 Å². The standard InChI is InChI=1S/C21H22N2O5S/c1-5-16-19(21(25)23-22-16)20(24)15-10-11-17(29(4,26)27)18(12(15)2)13-6-8-14(28-3)9-7-13/h6-11H,5H2,1-4H3,(H2,22,23,25). The second-order valence-electron chi connectivity index (χ2n) is 6.73. The summed E-state index contributed by atoms with van der Waals surface area (Å²) in [5.74, 6) is 0.183. The van der Waals surface area contributed by atoms with Crippen LogP contribution in [-0.4, -0.2) is 37.8 Å². The third-order valence-electron chi connectivity index (χ3n) is 4.89. The van der Waals surface area contributed by atoms with Gasteiger partial charge < -0.3 is 9.84 Å². The van der Waals surface area contributed by atoms with E-state index in [2.05, 4.69) is 10.2 Å². The molecule has 0 aliphatic rings. The van der Waals surface area contributed by atoms with E-state index in [4.69, 9.17) is 4.74 Å². The highest BCUT2D eigenvalue weighted by molar-refractivity contribution is 7.90. The van der Waals surface area contributed by atoms with Gasteiger partial charge in [-0.1, -0.05) is 19.1 Å². The second kappa shape index (κ2) is 7.71. The fraction of sp³-hybridized carbons (Fsp3) is 0.238. The number of carbonyl (C=O) groups is 1. The molecule has 2 N–H and O–H groups in total. The predicted octanol–water partition coefficient (Wildman–Crippen LogP) is 2.88. The molecule has 29 heavy (non-hydrogen) atoms. The van der Waals surface area contributed by atoms with Gasteiger partial charge in [-0.3, -0.25) is 14.7 Å². The van der Waals surface area contributed by atoms with Crippen LogP contribution in [0.2, 0.25) is 0 Å². The number of hydrogen-bond acceptors (Lipinski definition) is 5. The number of rotatable bonds is 6. The lowest BCUT2D eigenvalue weighted by Gasteiger charge is -2.16. The number of carbonyl (C=O) groups excluding carboxylic acids is 1. The first-order chi connectivity index (χ1) is 13.7. The molecule has 0 radical (unpaired) electrons. The molecule has 0 amide bonds. The lowest BCUT2D eigenvalue weighted by molar-refractivity contribution is 0.103. The zero-order valence-electron chi connectivity index (χ0n) is 16.6. The molecule has 152 valence electrons. The Morgan fingerprint density at radius 2 is 1.72 bits per heavy atom. The van der Waals surface area contributed by atoms with E-state index in [-0.39, 0.29) is 16.0 Å². The van der Waals surface area contributed by atoms with Gasteiger partial charge in [0.1, 0.15) is 11.3 Å². The van der Waals surface area contributed by atoms with Crippen molar-refractivity contribution >= 4 is 15.6 Å². The number of ketones is 1. The van der Waals surface area contributed by atoms with Crippen LogP contribution in [0.25, 0.3) is 11.1 Å². The molecule has 0 atom stereocenters. The predicted molar refractivity (Wildman–Crippen MR) is 111 cm³/mol. The average molecular weight is 414 g/mol. The number of methoxy groups -OCH3 is 1. The maximum Gasteiger partial charge on any atom is 0.275 e. The number of ether oxygens (including phenoxy) is 1. The molecule has 1 aromatic heterocycles. The zero-order chi connectivity index (χ0) is 21.3. The molecule has 0 saturated carbocycles. The van der Waals surface area contributed by atoms with Crippen LogP contribution in [0.5, 0.6) is 5.75 Å². The smallest absolute Gasteiger partial charge is 0.275 e. The van der Waals surface area contributed by atoms with Gasteiger partial charge in [-0.05, 0) is 48.7 Å². The van der Waals surface area contributed by atoms with Crippen molar-refractivity contribution in [1.29, 1.82) is 0 Å². The van der Waals surface area contributed by atoms with Crippen molar-refractivity contribution in [1.82, 2.24) is 10.2 Å². The molecule has 3 rings (SSSR count). The largest absolute Gasteiger partial charge is 0.497 e. The summed E-state index contributed by atoms with van der Waals surface area (Å²) in [5, 5.41) is 5.16. The molecule has 0 bridgehead atoms. The molecule has 0 aliphatic carbocycles. The number of H-pyrrole nitrogens is 2. The SMILES string of the molecule is CCc1[nH][nH]c(=O)c1C(=O)c1ccc(S(C)(=O)=O)c(-c2ccc(OC)cc2)c1C. The summed E-state index contributed by atoms with van der Waals surface area (Å²) < 4.78 is 30.0. The number of aromatic nitrogens is 2. The monoisotopic (exact) mass is 414 g/mol. The highest BCUT2D eigenvalue weighted by Crippen LogP contribution is 2.34. The Balaban J connectivity index is 2.27. The van der Waals surface area contributed by atoms with Crippen LogP contribution in [0.1, 0.15) is 34.1 Å². The van der Waals surface area contributed by atoms with Gasteiger partial charge in [-0.15, -0.1) is 0 Å².